The second-order valence-electron chi connectivity index (χ2n) is 5.06. The number of halogens is 1. The molecule has 0 aliphatic carbocycles. The highest BCUT2D eigenvalue weighted by Gasteiger charge is 2.34. The van der Waals surface area contributed by atoms with Gasteiger partial charge in [-0.25, -0.2) is 16.8 Å². The number of nitro groups is 1. The van der Waals surface area contributed by atoms with Gasteiger partial charge in [-0.3, -0.25) is 20.3 Å². The average molecular weight is 398 g/mol. The van der Waals surface area contributed by atoms with E-state index in [0.29, 0.717) is 0 Å². The Morgan fingerprint density at radius 2 is 2.04 bits per heavy atom. The summed E-state index contributed by atoms with van der Waals surface area (Å²) in [4.78, 5) is 22.9. The van der Waals surface area contributed by atoms with E-state index in [1.54, 1.807) is 4.83 Å². The number of carbonyl (C=O) groups is 1. The van der Waals surface area contributed by atoms with Crippen LogP contribution in [0.15, 0.2) is 23.1 Å². The van der Waals surface area contributed by atoms with Crippen molar-refractivity contribution in [3.8, 4) is 0 Å². The van der Waals surface area contributed by atoms with Gasteiger partial charge < -0.3 is 0 Å². The lowest BCUT2D eigenvalue weighted by atomic mass is 10.1. The first kappa shape index (κ1) is 18.6. The van der Waals surface area contributed by atoms with Crippen LogP contribution in [0.3, 0.4) is 0 Å². The minimum absolute atomic E-state index is 0.0270. The third kappa shape index (κ3) is 4.20. The van der Waals surface area contributed by atoms with Crippen molar-refractivity contribution < 1.29 is 26.6 Å². The largest absolute Gasteiger partial charge is 0.290 e. The van der Waals surface area contributed by atoms with Crippen molar-refractivity contribution in [2.75, 3.05) is 11.5 Å². The smallest absolute Gasteiger partial charge is 0.277 e. The van der Waals surface area contributed by atoms with Gasteiger partial charge in [0, 0.05) is 11.1 Å². The molecular weight excluding hydrogens is 386 g/mol. The van der Waals surface area contributed by atoms with E-state index in [-0.39, 0.29) is 22.9 Å². The Labute approximate surface area is 142 Å². The number of hydrazine groups is 1. The first-order valence-electron chi connectivity index (χ1n) is 6.48. The molecule has 0 spiro atoms. The fourth-order valence-electron chi connectivity index (χ4n) is 2.14. The second kappa shape index (κ2) is 6.63. The zero-order valence-corrected chi connectivity index (χ0v) is 14.3. The van der Waals surface area contributed by atoms with Crippen LogP contribution in [0.25, 0.3) is 0 Å². The van der Waals surface area contributed by atoms with Gasteiger partial charge in [0.2, 0.25) is 5.91 Å². The highest BCUT2D eigenvalue weighted by atomic mass is 35.5. The molecule has 1 heterocycles. The van der Waals surface area contributed by atoms with E-state index in [1.165, 1.54) is 0 Å². The number of rotatable bonds is 5. The van der Waals surface area contributed by atoms with E-state index in [1.807, 2.05) is 5.43 Å². The number of sulfonamides is 1. The number of nitrogens with one attached hydrogen (secondary N) is 2. The van der Waals surface area contributed by atoms with E-state index >= 15 is 0 Å². The Morgan fingerprint density at radius 1 is 1.38 bits per heavy atom. The quantitative estimate of drug-likeness (QED) is 0.523. The number of hydrogen-bond acceptors (Lipinski definition) is 7. The van der Waals surface area contributed by atoms with Crippen LogP contribution in [0.4, 0.5) is 5.69 Å². The number of benzene rings is 1. The number of hydrogen-bond donors (Lipinski definition) is 2. The molecule has 132 valence electrons. The third-order valence-corrected chi connectivity index (χ3v) is 6.62. The summed E-state index contributed by atoms with van der Waals surface area (Å²) in [5.74, 6) is -2.23. The van der Waals surface area contributed by atoms with E-state index in [0.717, 1.165) is 18.2 Å². The fraction of sp³-hybridized carbons (Fsp3) is 0.364. The summed E-state index contributed by atoms with van der Waals surface area (Å²) in [6.45, 7) is 0. The van der Waals surface area contributed by atoms with Crippen molar-refractivity contribution in [2.45, 2.75) is 11.3 Å². The highest BCUT2D eigenvalue weighted by molar-refractivity contribution is 7.91. The molecular formula is C11H12ClN3O7S2. The minimum atomic E-state index is -4.44. The molecule has 1 amide bonds. The maximum Gasteiger partial charge on any atom is 0.290 e. The molecule has 13 heteroatoms. The van der Waals surface area contributed by atoms with Gasteiger partial charge in [0.25, 0.3) is 15.7 Å². The maximum absolute atomic E-state index is 12.1. The molecule has 2 N–H and O–H groups in total. The van der Waals surface area contributed by atoms with Crippen LogP contribution in [-0.2, 0) is 24.7 Å². The molecule has 0 unspecified atom stereocenters. The molecule has 2 rings (SSSR count). The van der Waals surface area contributed by atoms with Crippen LogP contribution in [0.5, 0.6) is 0 Å². The molecule has 0 radical (unpaired) electrons. The summed E-state index contributed by atoms with van der Waals surface area (Å²) >= 11 is 5.61. The SMILES string of the molecule is O=C(NNS(=O)(=O)c1ccc(Cl)cc1[N+](=O)[O-])[C@@H]1CCS(=O)(=O)C1. The number of sulfone groups is 1. The molecule has 1 fully saturated rings. The number of nitro benzene ring substituents is 1. The number of amides is 1. The van der Waals surface area contributed by atoms with E-state index in [9.17, 15) is 31.7 Å². The normalized spacial score (nSPS) is 19.8. The summed E-state index contributed by atoms with van der Waals surface area (Å²) < 4.78 is 46.9. The zero-order valence-electron chi connectivity index (χ0n) is 11.9. The summed E-state index contributed by atoms with van der Waals surface area (Å²) in [6, 6.07) is 2.94. The van der Waals surface area contributed by atoms with E-state index in [4.69, 9.17) is 11.6 Å². The molecule has 24 heavy (non-hydrogen) atoms. The number of nitrogens with zero attached hydrogens (tertiary/aromatic N) is 1. The average Bonchev–Trinajstić information content (AvgIpc) is 2.84. The summed E-state index contributed by atoms with van der Waals surface area (Å²) in [5, 5.41) is 10.9. The van der Waals surface area contributed by atoms with Crippen LogP contribution in [0, 0.1) is 16.0 Å². The Hall–Kier alpha value is -1.76. The molecule has 1 atom stereocenters. The highest BCUT2D eigenvalue weighted by Crippen LogP contribution is 2.26. The predicted molar refractivity (Wildman–Crippen MR) is 83.3 cm³/mol. The maximum atomic E-state index is 12.1. The molecule has 1 aliphatic heterocycles. The van der Waals surface area contributed by atoms with Crippen molar-refractivity contribution in [3.05, 3.63) is 33.3 Å². The topological polar surface area (TPSA) is 153 Å². The van der Waals surface area contributed by atoms with Gasteiger partial charge in [-0.05, 0) is 18.6 Å². The van der Waals surface area contributed by atoms with Crippen LogP contribution >= 0.6 is 11.6 Å². The minimum Gasteiger partial charge on any atom is -0.277 e. The van der Waals surface area contributed by atoms with Crippen LogP contribution in [0.2, 0.25) is 5.02 Å². The zero-order chi connectivity index (χ0) is 18.1. The molecule has 1 aromatic carbocycles. The molecule has 1 saturated heterocycles. The van der Waals surface area contributed by atoms with Crippen LogP contribution in [0.1, 0.15) is 6.42 Å². The fourth-order valence-corrected chi connectivity index (χ4v) is 5.05. The van der Waals surface area contributed by atoms with Gasteiger partial charge in [0.15, 0.2) is 14.7 Å². The van der Waals surface area contributed by atoms with Gasteiger partial charge in [-0.2, -0.15) is 0 Å². The van der Waals surface area contributed by atoms with Gasteiger partial charge in [-0.15, -0.1) is 4.83 Å². The van der Waals surface area contributed by atoms with E-state index in [2.05, 4.69) is 0 Å². The van der Waals surface area contributed by atoms with Crippen LogP contribution < -0.4 is 10.3 Å². The Balaban J connectivity index is 2.15. The lowest BCUT2D eigenvalue weighted by Gasteiger charge is -2.11. The molecule has 0 saturated carbocycles. The van der Waals surface area contributed by atoms with Crippen molar-refractivity contribution in [1.82, 2.24) is 10.3 Å². The van der Waals surface area contributed by atoms with Gasteiger partial charge >= 0.3 is 0 Å². The summed E-state index contributed by atoms with van der Waals surface area (Å²) in [6.07, 6.45) is 0.0803. The number of carbonyl (C=O) groups excluding carboxylic acids is 1. The first-order valence-corrected chi connectivity index (χ1v) is 10.2. The Kier molecular flexibility index (Phi) is 5.13. The third-order valence-electron chi connectivity index (χ3n) is 3.32. The van der Waals surface area contributed by atoms with Crippen molar-refractivity contribution in [3.63, 3.8) is 0 Å². The monoisotopic (exact) mass is 397 g/mol. The van der Waals surface area contributed by atoms with Crippen molar-refractivity contribution in [1.29, 1.82) is 0 Å². The van der Waals surface area contributed by atoms with Crippen molar-refractivity contribution >= 4 is 43.1 Å². The standard InChI is InChI=1S/C11H12ClN3O7S2/c12-8-1-2-10(9(5-8)15(17)18)24(21,22)14-13-11(16)7-3-4-23(19,20)6-7/h1-2,5,7,14H,3-4,6H2,(H,13,16)/t7-/m1/s1. The van der Waals surface area contributed by atoms with Gasteiger partial charge in [0.05, 0.1) is 22.3 Å². The molecule has 0 aromatic heterocycles. The second-order valence-corrected chi connectivity index (χ2v) is 9.38. The first-order chi connectivity index (χ1) is 11.0. The molecule has 1 aliphatic rings. The Bertz CT molecular complexity index is 898. The summed E-state index contributed by atoms with van der Waals surface area (Å²) in [7, 11) is -7.75. The predicted octanol–water partition coefficient (Wildman–Crippen LogP) is -0.00760. The van der Waals surface area contributed by atoms with E-state index < -0.39 is 47.2 Å². The Morgan fingerprint density at radius 3 is 2.58 bits per heavy atom. The molecule has 1 aromatic rings. The van der Waals surface area contributed by atoms with Crippen molar-refractivity contribution in [2.24, 2.45) is 5.92 Å². The van der Waals surface area contributed by atoms with Crippen LogP contribution in [-0.4, -0.2) is 39.2 Å². The van der Waals surface area contributed by atoms with Gasteiger partial charge in [-0.1, -0.05) is 11.6 Å². The molecule has 10 nitrogen and oxygen atoms in total. The molecule has 0 bridgehead atoms. The lowest BCUT2D eigenvalue weighted by molar-refractivity contribution is -0.387. The summed E-state index contributed by atoms with van der Waals surface area (Å²) in [5.41, 5.74) is 1.13. The lowest BCUT2D eigenvalue weighted by Crippen LogP contribution is -2.44. The van der Waals surface area contributed by atoms with Gasteiger partial charge in [0.1, 0.15) is 0 Å².